The maximum atomic E-state index is 13.8. The molecule has 0 spiro atoms. The Morgan fingerprint density at radius 3 is 0.550 bits per heavy atom. The van der Waals surface area contributed by atoms with Crippen LogP contribution in [0.5, 0.6) is 0 Å². The van der Waals surface area contributed by atoms with E-state index in [1.807, 2.05) is 13.8 Å². The number of nitrogens with two attached hydrogens (primary N) is 1. The number of methoxy groups -OCH3 is 1. The number of ether oxygens (including phenoxy) is 32. The monoisotopic (exact) mass is 1750 g/mol. The van der Waals surface area contributed by atoms with Gasteiger partial charge in [-0.15, -0.1) is 0 Å². The van der Waals surface area contributed by atoms with Crippen LogP contribution in [0.15, 0.2) is 0 Å². The van der Waals surface area contributed by atoms with Crippen molar-refractivity contribution in [3.8, 4) is 0 Å². The molecular formula is C79H157N5O36. The van der Waals surface area contributed by atoms with E-state index in [1.165, 1.54) is 0 Å². The molecule has 0 heterocycles. The van der Waals surface area contributed by atoms with Crippen molar-refractivity contribution in [1.29, 1.82) is 0 Å². The summed E-state index contributed by atoms with van der Waals surface area (Å²) < 4.78 is 177. The molecule has 41 nitrogen and oxygen atoms in total. The average Bonchev–Trinajstić information content (AvgIpc) is 0.854. The molecule has 41 heteroatoms. The molecule has 0 aliphatic heterocycles. The number of rotatable bonds is 107. The molecule has 4 amide bonds. The largest absolute Gasteiger partial charge is 0.382 e. The number of carbonyl (C=O) groups is 4. The van der Waals surface area contributed by atoms with Crippen LogP contribution in [0.25, 0.3) is 0 Å². The molecule has 120 heavy (non-hydrogen) atoms. The lowest BCUT2D eigenvalue weighted by Crippen LogP contribution is -2.59. The summed E-state index contributed by atoms with van der Waals surface area (Å²) in [6, 6.07) is 0. The van der Waals surface area contributed by atoms with E-state index in [2.05, 4.69) is 21.3 Å². The second-order valence-corrected chi connectivity index (χ2v) is 25.1. The van der Waals surface area contributed by atoms with Crippen LogP contribution in [0.3, 0.4) is 0 Å². The molecule has 6 N–H and O–H groups in total. The molecule has 0 rings (SSSR count). The predicted octanol–water partition coefficient (Wildman–Crippen LogP) is -1.09. The zero-order valence-electron chi connectivity index (χ0n) is 73.0. The Balaban J connectivity index is 5.15. The molecule has 0 aromatic rings. The van der Waals surface area contributed by atoms with Gasteiger partial charge in [-0.05, 0) is 13.8 Å². The molecule has 0 aliphatic rings. The number of hydrogen-bond acceptors (Lipinski definition) is 37. The highest BCUT2D eigenvalue weighted by Gasteiger charge is 2.34. The number of carbonyl (C=O) groups excluding carboxylic acids is 4. The summed E-state index contributed by atoms with van der Waals surface area (Å²) in [6.07, 6.45) is -0.145. The first-order chi connectivity index (χ1) is 59.3. The van der Waals surface area contributed by atoms with Crippen LogP contribution in [-0.2, 0) is 171 Å². The van der Waals surface area contributed by atoms with Gasteiger partial charge < -0.3 is 179 Å². The minimum absolute atomic E-state index is 0.0236. The lowest BCUT2D eigenvalue weighted by molar-refractivity contribution is -0.131. The van der Waals surface area contributed by atoms with Crippen molar-refractivity contribution in [3.63, 3.8) is 0 Å². The minimum atomic E-state index is -1.37. The first-order valence-corrected chi connectivity index (χ1v) is 42.5. The smallest absolute Gasteiger partial charge is 0.222 e. The second kappa shape index (κ2) is 103. The van der Waals surface area contributed by atoms with Crippen LogP contribution < -0.4 is 27.0 Å². The number of amides is 4. The maximum Gasteiger partial charge on any atom is 0.222 e. The molecule has 0 unspecified atom stereocenters. The third-order valence-corrected chi connectivity index (χ3v) is 15.2. The third kappa shape index (κ3) is 96.8. The third-order valence-electron chi connectivity index (χ3n) is 15.2. The van der Waals surface area contributed by atoms with Crippen LogP contribution >= 0.6 is 0 Å². The quantitative estimate of drug-likeness (QED) is 0.0452. The molecule has 0 aromatic carbocycles. The standard InChI is InChI=1S/C79H157N5O36/c1-4-90-24-26-98-40-42-106-51-46-102-35-30-94-19-11-81-75(85)6-15-118-72-79(73-119-16-7-76(86)82-12-20-95-31-36-103-47-52-107-43-41-99-27-25-91-5-2,84-78(88)9-14-92-28-33-100-44-49-108-56-59-112-64-65-113-60-57-109-50-45-101-34-29-93-18-10-80)74-120-17-8-77(87)83-13-21-96-32-37-104-48-53-110-58-61-114-66-67-116-70-71-117-69-68-115-63-62-111-55-54-105-39-38-97-23-22-89-3/h4-74,80H2,1-3H3,(H,81,85)(H,82,86)(H,83,87)(H,84,88). The van der Waals surface area contributed by atoms with Crippen LogP contribution in [-0.4, -0.2) is 479 Å². The van der Waals surface area contributed by atoms with Gasteiger partial charge in [0.25, 0.3) is 0 Å². The van der Waals surface area contributed by atoms with Gasteiger partial charge in [0.1, 0.15) is 5.54 Å². The van der Waals surface area contributed by atoms with Gasteiger partial charge in [0, 0.05) is 72.2 Å². The molecule has 0 bridgehead atoms. The molecule has 0 radical (unpaired) electrons. The summed E-state index contributed by atoms with van der Waals surface area (Å²) >= 11 is 0. The van der Waals surface area contributed by atoms with Crippen molar-refractivity contribution in [2.45, 2.75) is 45.1 Å². The first-order valence-electron chi connectivity index (χ1n) is 42.5. The van der Waals surface area contributed by atoms with Gasteiger partial charge in [0.2, 0.25) is 23.6 Å². The highest BCUT2D eigenvalue weighted by atomic mass is 16.6. The van der Waals surface area contributed by atoms with E-state index in [0.29, 0.717) is 343 Å². The Labute approximate surface area is 713 Å². The predicted molar refractivity (Wildman–Crippen MR) is 436 cm³/mol. The van der Waals surface area contributed by atoms with Crippen LogP contribution in [0.2, 0.25) is 0 Å². The fourth-order valence-corrected chi connectivity index (χ4v) is 9.10. The van der Waals surface area contributed by atoms with E-state index < -0.39 is 11.4 Å². The topological polar surface area (TPSA) is 438 Å². The van der Waals surface area contributed by atoms with Crippen molar-refractivity contribution in [1.82, 2.24) is 21.3 Å². The van der Waals surface area contributed by atoms with Crippen molar-refractivity contribution in [2.75, 3.05) is 450 Å². The van der Waals surface area contributed by atoms with E-state index in [0.717, 1.165) is 0 Å². The summed E-state index contributed by atoms with van der Waals surface area (Å²) in [7, 11) is 1.63. The molecule has 0 saturated carbocycles. The van der Waals surface area contributed by atoms with E-state index in [9.17, 15) is 19.2 Å². The Morgan fingerprint density at radius 1 is 0.200 bits per heavy atom. The van der Waals surface area contributed by atoms with Crippen LogP contribution in [0.1, 0.15) is 39.5 Å². The minimum Gasteiger partial charge on any atom is -0.382 e. The zero-order chi connectivity index (χ0) is 86.5. The summed E-state index contributed by atoms with van der Waals surface area (Å²) in [6.45, 7) is 28.6. The van der Waals surface area contributed by atoms with E-state index in [-0.39, 0.29) is 142 Å². The molecule has 714 valence electrons. The SMILES string of the molecule is CCOCCOCCOCCOCCOCCNC(=O)CCOCC(COCCC(=O)NCCOCCOCCOCCOCCOCC)(COCCC(=O)NCCOCCOCCOCCOCCOCCOCCOCCOCCOCCOCCOC)NC(=O)CCOCCOCCOCCOCCOCCOCCOCCOCCN. The molecular weight excluding hydrogens is 1590 g/mol. The zero-order valence-corrected chi connectivity index (χ0v) is 73.0. The van der Waals surface area contributed by atoms with Crippen molar-refractivity contribution >= 4 is 23.6 Å². The second-order valence-electron chi connectivity index (χ2n) is 25.1. The lowest BCUT2D eigenvalue weighted by atomic mass is 10.0. The fraction of sp³-hybridized carbons (Fsp3) is 0.949. The van der Waals surface area contributed by atoms with Crippen molar-refractivity contribution in [2.24, 2.45) is 5.73 Å². The average molecular weight is 1750 g/mol. The molecule has 0 aliphatic carbocycles. The first kappa shape index (κ1) is 117. The highest BCUT2D eigenvalue weighted by molar-refractivity contribution is 5.77. The Hall–Kier alpha value is -3.44. The van der Waals surface area contributed by atoms with Crippen molar-refractivity contribution in [3.05, 3.63) is 0 Å². The number of hydrogen-bond donors (Lipinski definition) is 5. The van der Waals surface area contributed by atoms with Gasteiger partial charge in [0.15, 0.2) is 0 Å². The summed E-state index contributed by atoms with van der Waals surface area (Å²) in [5.41, 5.74) is 4.02. The molecule has 0 atom stereocenters. The Kier molecular flexibility index (Phi) is 99.7. The molecule has 0 saturated heterocycles. The summed E-state index contributed by atoms with van der Waals surface area (Å²) in [5.74, 6) is -1.31. The van der Waals surface area contributed by atoms with E-state index in [4.69, 9.17) is 157 Å². The maximum absolute atomic E-state index is 13.8. The van der Waals surface area contributed by atoms with Gasteiger partial charge >= 0.3 is 0 Å². The summed E-state index contributed by atoms with van der Waals surface area (Å²) in [5, 5.41) is 11.5. The Bertz CT molecular complexity index is 2000. The van der Waals surface area contributed by atoms with Gasteiger partial charge in [-0.2, -0.15) is 0 Å². The molecule has 0 fully saturated rings. The highest BCUT2D eigenvalue weighted by Crippen LogP contribution is 2.12. The fourth-order valence-electron chi connectivity index (χ4n) is 9.10. The van der Waals surface area contributed by atoms with Crippen LogP contribution in [0.4, 0.5) is 0 Å². The van der Waals surface area contributed by atoms with Gasteiger partial charge in [-0.1, -0.05) is 0 Å². The normalized spacial score (nSPS) is 11.7. The van der Waals surface area contributed by atoms with Gasteiger partial charge in [-0.3, -0.25) is 19.2 Å². The van der Waals surface area contributed by atoms with Crippen molar-refractivity contribution < 1.29 is 171 Å². The van der Waals surface area contributed by atoms with Gasteiger partial charge in [-0.25, -0.2) is 0 Å². The lowest BCUT2D eigenvalue weighted by Gasteiger charge is -2.34. The number of nitrogens with one attached hydrogen (secondary N) is 4. The Morgan fingerprint density at radius 2 is 0.358 bits per heavy atom. The molecule has 0 aromatic heterocycles. The summed E-state index contributed by atoms with van der Waals surface area (Å²) in [4.78, 5) is 52.7. The van der Waals surface area contributed by atoms with Crippen LogP contribution in [0, 0.1) is 0 Å². The van der Waals surface area contributed by atoms with E-state index >= 15 is 0 Å². The van der Waals surface area contributed by atoms with Gasteiger partial charge in [0.05, 0.1) is 403 Å². The van der Waals surface area contributed by atoms with E-state index in [1.54, 1.807) is 7.11 Å².